The van der Waals surface area contributed by atoms with Crippen molar-refractivity contribution in [3.8, 4) is 22.8 Å². The van der Waals surface area contributed by atoms with Crippen LogP contribution in [0.15, 0.2) is 24.3 Å². The Labute approximate surface area is 112 Å². The maximum absolute atomic E-state index is 5.30. The lowest BCUT2D eigenvalue weighted by atomic mass is 10.1. The predicted octanol–water partition coefficient (Wildman–Crippen LogP) is 2.51. The molecule has 0 amide bonds. The summed E-state index contributed by atoms with van der Waals surface area (Å²) in [5.41, 5.74) is 2.71. The maximum atomic E-state index is 5.30. The molecule has 5 nitrogen and oxygen atoms in total. The van der Waals surface area contributed by atoms with Crippen LogP contribution in [0.2, 0.25) is 0 Å². The molecule has 0 aliphatic rings. The third-order valence-corrected chi connectivity index (χ3v) is 2.76. The summed E-state index contributed by atoms with van der Waals surface area (Å²) in [6.07, 6.45) is 0. The van der Waals surface area contributed by atoms with Gasteiger partial charge in [0.05, 0.1) is 19.9 Å². The smallest absolute Gasteiger partial charge is 0.223 e. The van der Waals surface area contributed by atoms with E-state index in [0.717, 1.165) is 17.0 Å². The van der Waals surface area contributed by atoms with Crippen molar-refractivity contribution >= 4 is 5.95 Å². The van der Waals surface area contributed by atoms with Crippen LogP contribution in [0.4, 0.5) is 5.95 Å². The van der Waals surface area contributed by atoms with Crippen molar-refractivity contribution in [1.82, 2.24) is 9.97 Å². The summed E-state index contributed by atoms with van der Waals surface area (Å²) in [6, 6.07) is 7.65. The first kappa shape index (κ1) is 13.1. The van der Waals surface area contributed by atoms with Gasteiger partial charge in [-0.05, 0) is 31.2 Å². The van der Waals surface area contributed by atoms with E-state index in [1.165, 1.54) is 0 Å². The normalized spacial score (nSPS) is 10.1. The zero-order valence-electron chi connectivity index (χ0n) is 11.5. The lowest BCUT2D eigenvalue weighted by molar-refractivity contribution is 0.355. The molecule has 0 atom stereocenters. The Kier molecular flexibility index (Phi) is 3.85. The Morgan fingerprint density at radius 3 is 2.37 bits per heavy atom. The predicted molar refractivity (Wildman–Crippen MR) is 74.9 cm³/mol. The van der Waals surface area contributed by atoms with Crippen molar-refractivity contribution in [3.63, 3.8) is 0 Å². The monoisotopic (exact) mass is 259 g/mol. The third kappa shape index (κ3) is 2.76. The van der Waals surface area contributed by atoms with Crippen LogP contribution in [0, 0.1) is 6.92 Å². The highest BCUT2D eigenvalue weighted by atomic mass is 16.5. The summed E-state index contributed by atoms with van der Waals surface area (Å²) in [6.45, 7) is 1.94. The summed E-state index contributed by atoms with van der Waals surface area (Å²) in [5.74, 6) is 1.98. The lowest BCUT2D eigenvalue weighted by Crippen LogP contribution is -1.99. The van der Waals surface area contributed by atoms with Crippen molar-refractivity contribution in [2.75, 3.05) is 26.6 Å². The van der Waals surface area contributed by atoms with Gasteiger partial charge in [-0.25, -0.2) is 9.97 Å². The summed E-state index contributed by atoms with van der Waals surface area (Å²) in [5, 5.41) is 2.95. The van der Waals surface area contributed by atoms with E-state index in [1.807, 2.05) is 31.2 Å². The number of aromatic nitrogens is 2. The maximum Gasteiger partial charge on any atom is 0.223 e. The van der Waals surface area contributed by atoms with Crippen LogP contribution in [0.1, 0.15) is 5.69 Å². The molecule has 1 aromatic carbocycles. The van der Waals surface area contributed by atoms with E-state index < -0.39 is 0 Å². The van der Waals surface area contributed by atoms with Crippen LogP contribution in [0.25, 0.3) is 11.3 Å². The Balaban J connectivity index is 2.49. The second-order valence-corrected chi connectivity index (χ2v) is 4.04. The molecule has 5 heteroatoms. The number of ether oxygens (including phenoxy) is 2. The molecule has 0 fully saturated rings. The van der Waals surface area contributed by atoms with Crippen LogP contribution in [0.3, 0.4) is 0 Å². The van der Waals surface area contributed by atoms with Gasteiger partial charge >= 0.3 is 0 Å². The van der Waals surface area contributed by atoms with E-state index in [9.17, 15) is 0 Å². The first-order valence-electron chi connectivity index (χ1n) is 5.93. The van der Waals surface area contributed by atoms with Gasteiger partial charge in [0.1, 0.15) is 0 Å². The largest absolute Gasteiger partial charge is 0.493 e. The van der Waals surface area contributed by atoms with Crippen LogP contribution in [-0.4, -0.2) is 31.2 Å². The van der Waals surface area contributed by atoms with E-state index in [0.29, 0.717) is 17.4 Å². The minimum atomic E-state index is 0.602. The van der Waals surface area contributed by atoms with Gasteiger partial charge in [-0.2, -0.15) is 0 Å². The van der Waals surface area contributed by atoms with Crippen molar-refractivity contribution in [2.24, 2.45) is 0 Å². The zero-order chi connectivity index (χ0) is 13.8. The molecule has 2 rings (SSSR count). The number of hydrogen-bond donors (Lipinski definition) is 1. The van der Waals surface area contributed by atoms with Gasteiger partial charge in [-0.1, -0.05) is 0 Å². The summed E-state index contributed by atoms with van der Waals surface area (Å²) in [4.78, 5) is 8.71. The minimum Gasteiger partial charge on any atom is -0.493 e. The van der Waals surface area contributed by atoms with Gasteiger partial charge in [0, 0.05) is 18.3 Å². The van der Waals surface area contributed by atoms with E-state index in [2.05, 4.69) is 15.3 Å². The average Bonchev–Trinajstić information content (AvgIpc) is 2.45. The highest BCUT2D eigenvalue weighted by Crippen LogP contribution is 2.31. The van der Waals surface area contributed by atoms with Gasteiger partial charge in [0.25, 0.3) is 0 Å². The van der Waals surface area contributed by atoms with Crippen LogP contribution >= 0.6 is 0 Å². The highest BCUT2D eigenvalue weighted by molar-refractivity contribution is 5.65. The summed E-state index contributed by atoms with van der Waals surface area (Å²) in [7, 11) is 5.03. The number of methoxy groups -OCH3 is 2. The van der Waals surface area contributed by atoms with E-state index in [4.69, 9.17) is 9.47 Å². The number of nitrogens with one attached hydrogen (secondary N) is 1. The standard InChI is InChI=1S/C14H17N3O2/c1-9-7-11(17-14(15-2)16-9)10-5-6-12(18-3)13(8-10)19-4/h5-8H,1-4H3,(H,15,16,17). The fourth-order valence-electron chi connectivity index (χ4n) is 1.82. The first-order chi connectivity index (χ1) is 9.17. The third-order valence-electron chi connectivity index (χ3n) is 2.76. The summed E-state index contributed by atoms with van der Waals surface area (Å²) >= 11 is 0. The minimum absolute atomic E-state index is 0.602. The highest BCUT2D eigenvalue weighted by Gasteiger charge is 2.08. The van der Waals surface area contributed by atoms with E-state index in [1.54, 1.807) is 21.3 Å². The SMILES string of the molecule is CNc1nc(C)cc(-c2ccc(OC)c(OC)c2)n1. The van der Waals surface area contributed by atoms with Crippen LogP contribution in [0.5, 0.6) is 11.5 Å². The number of aryl methyl sites for hydroxylation is 1. The molecule has 0 aliphatic heterocycles. The molecule has 0 spiro atoms. The molecular weight excluding hydrogens is 242 g/mol. The summed E-state index contributed by atoms with van der Waals surface area (Å²) < 4.78 is 10.5. The Hall–Kier alpha value is -2.30. The fourth-order valence-corrected chi connectivity index (χ4v) is 1.82. The molecular formula is C14H17N3O2. The molecule has 0 aliphatic carbocycles. The number of rotatable bonds is 4. The zero-order valence-corrected chi connectivity index (χ0v) is 11.5. The molecule has 1 aromatic heterocycles. The van der Waals surface area contributed by atoms with Crippen molar-refractivity contribution in [3.05, 3.63) is 30.0 Å². The molecule has 19 heavy (non-hydrogen) atoms. The second kappa shape index (κ2) is 5.56. The first-order valence-corrected chi connectivity index (χ1v) is 5.93. The molecule has 100 valence electrons. The van der Waals surface area contributed by atoms with Gasteiger partial charge in [-0.15, -0.1) is 0 Å². The van der Waals surface area contributed by atoms with E-state index >= 15 is 0 Å². The molecule has 0 bridgehead atoms. The number of hydrogen-bond acceptors (Lipinski definition) is 5. The molecule has 1 N–H and O–H groups in total. The van der Waals surface area contributed by atoms with Crippen LogP contribution in [-0.2, 0) is 0 Å². The van der Waals surface area contributed by atoms with Gasteiger partial charge in [0.15, 0.2) is 11.5 Å². The molecule has 1 heterocycles. The fraction of sp³-hybridized carbons (Fsp3) is 0.286. The topological polar surface area (TPSA) is 56.3 Å². The number of nitrogens with zero attached hydrogens (tertiary/aromatic N) is 2. The average molecular weight is 259 g/mol. The number of anilines is 1. The Morgan fingerprint density at radius 1 is 1.00 bits per heavy atom. The lowest BCUT2D eigenvalue weighted by Gasteiger charge is -2.10. The van der Waals surface area contributed by atoms with E-state index in [-0.39, 0.29) is 0 Å². The Morgan fingerprint density at radius 2 is 1.74 bits per heavy atom. The van der Waals surface area contributed by atoms with Gasteiger partial charge < -0.3 is 14.8 Å². The molecule has 0 radical (unpaired) electrons. The van der Waals surface area contributed by atoms with Gasteiger partial charge in [0.2, 0.25) is 5.95 Å². The second-order valence-electron chi connectivity index (χ2n) is 4.04. The van der Waals surface area contributed by atoms with Crippen molar-refractivity contribution in [1.29, 1.82) is 0 Å². The molecule has 0 unspecified atom stereocenters. The number of benzene rings is 1. The molecule has 2 aromatic rings. The van der Waals surface area contributed by atoms with Crippen LogP contribution < -0.4 is 14.8 Å². The van der Waals surface area contributed by atoms with Gasteiger partial charge in [-0.3, -0.25) is 0 Å². The Bertz CT molecular complexity index is 585. The quantitative estimate of drug-likeness (QED) is 0.914. The molecule has 0 saturated heterocycles. The van der Waals surface area contributed by atoms with Crippen molar-refractivity contribution < 1.29 is 9.47 Å². The molecule has 0 saturated carbocycles. The van der Waals surface area contributed by atoms with Crippen molar-refractivity contribution in [2.45, 2.75) is 6.92 Å².